The third kappa shape index (κ3) is 5.94. The summed E-state index contributed by atoms with van der Waals surface area (Å²) in [6, 6.07) is 8.22. The Morgan fingerprint density at radius 2 is 2.09 bits per heavy atom. The first kappa shape index (κ1) is 17.9. The Labute approximate surface area is 142 Å². The Morgan fingerprint density at radius 1 is 1.26 bits per heavy atom. The van der Waals surface area contributed by atoms with Gasteiger partial charge in [0, 0.05) is 25.6 Å². The maximum absolute atomic E-state index is 5.97. The lowest BCUT2D eigenvalue weighted by atomic mass is 10.0. The van der Waals surface area contributed by atoms with Gasteiger partial charge in [0.1, 0.15) is 17.4 Å². The largest absolute Gasteiger partial charge is 0.486 e. The Balaban J connectivity index is 1.81. The third-order valence-electron chi connectivity index (χ3n) is 3.50. The van der Waals surface area contributed by atoms with Gasteiger partial charge in [-0.1, -0.05) is 32.0 Å². The van der Waals surface area contributed by atoms with Crippen LogP contribution in [0.2, 0.25) is 0 Å². The summed E-state index contributed by atoms with van der Waals surface area (Å²) in [7, 11) is 1.73. The van der Waals surface area contributed by atoms with Crippen molar-refractivity contribution in [3.63, 3.8) is 0 Å². The monoisotopic (exact) mass is 334 g/mol. The highest BCUT2D eigenvalue weighted by Crippen LogP contribution is 2.26. The van der Waals surface area contributed by atoms with Crippen LogP contribution in [0.15, 0.2) is 29.6 Å². The Bertz CT molecular complexity index is 584. The molecule has 2 rings (SSSR count). The summed E-state index contributed by atoms with van der Waals surface area (Å²) in [5.41, 5.74) is 2.31. The van der Waals surface area contributed by atoms with Gasteiger partial charge in [0.05, 0.1) is 5.69 Å². The summed E-state index contributed by atoms with van der Waals surface area (Å²) in [4.78, 5) is 4.62. The average Bonchev–Trinajstić information content (AvgIpc) is 3.01. The van der Waals surface area contributed by atoms with Crippen LogP contribution in [0.25, 0.3) is 0 Å². The first-order valence-electron chi connectivity index (χ1n) is 8.05. The fourth-order valence-electron chi connectivity index (χ4n) is 2.28. The molecule has 0 amide bonds. The highest BCUT2D eigenvalue weighted by atomic mass is 32.1. The van der Waals surface area contributed by atoms with Gasteiger partial charge in [-0.25, -0.2) is 4.98 Å². The highest BCUT2D eigenvalue weighted by molar-refractivity contribution is 7.09. The molecule has 23 heavy (non-hydrogen) atoms. The lowest BCUT2D eigenvalue weighted by molar-refractivity contribution is 0.194. The number of hydrogen-bond acceptors (Lipinski definition) is 5. The van der Waals surface area contributed by atoms with Gasteiger partial charge in [0.15, 0.2) is 0 Å². The Morgan fingerprint density at radius 3 is 2.87 bits per heavy atom. The van der Waals surface area contributed by atoms with Crippen molar-refractivity contribution in [1.29, 1.82) is 0 Å². The van der Waals surface area contributed by atoms with E-state index in [-0.39, 0.29) is 0 Å². The van der Waals surface area contributed by atoms with Gasteiger partial charge in [0.2, 0.25) is 0 Å². The molecule has 0 bridgehead atoms. The molecule has 0 aliphatic carbocycles. The third-order valence-corrected chi connectivity index (χ3v) is 4.37. The van der Waals surface area contributed by atoms with E-state index in [1.807, 2.05) is 12.1 Å². The van der Waals surface area contributed by atoms with Gasteiger partial charge in [-0.3, -0.25) is 0 Å². The maximum atomic E-state index is 5.97. The summed E-state index contributed by atoms with van der Waals surface area (Å²) in [6.07, 6.45) is 1.02. The molecular formula is C18H26N2O2S. The standard InChI is InChI=1S/C18H26N2O2S/c1-14(2)16-7-4-5-8-17(16)22-12-18-20-15(13-23-18)11-19-9-6-10-21-3/h4-5,7-8,13-14,19H,6,9-12H2,1-3H3. The molecule has 0 unspecified atom stereocenters. The van der Waals surface area contributed by atoms with Crippen molar-refractivity contribution in [3.05, 3.63) is 45.9 Å². The van der Waals surface area contributed by atoms with E-state index in [0.29, 0.717) is 12.5 Å². The molecule has 0 saturated carbocycles. The molecule has 4 nitrogen and oxygen atoms in total. The lowest BCUT2D eigenvalue weighted by Crippen LogP contribution is -2.16. The van der Waals surface area contributed by atoms with Crippen molar-refractivity contribution >= 4 is 11.3 Å². The molecule has 5 heteroatoms. The molecule has 1 heterocycles. The van der Waals surface area contributed by atoms with Gasteiger partial charge < -0.3 is 14.8 Å². The second-order valence-corrected chi connectivity index (χ2v) is 6.68. The lowest BCUT2D eigenvalue weighted by Gasteiger charge is -2.12. The molecule has 1 N–H and O–H groups in total. The SMILES string of the molecule is COCCCNCc1csc(COc2ccccc2C(C)C)n1. The van der Waals surface area contributed by atoms with E-state index >= 15 is 0 Å². The molecular weight excluding hydrogens is 308 g/mol. The highest BCUT2D eigenvalue weighted by Gasteiger charge is 2.08. The van der Waals surface area contributed by atoms with E-state index in [0.717, 1.165) is 42.6 Å². The number of ether oxygens (including phenoxy) is 2. The van der Waals surface area contributed by atoms with Crippen LogP contribution in [0.1, 0.15) is 42.5 Å². The van der Waals surface area contributed by atoms with Crippen LogP contribution in [0.3, 0.4) is 0 Å². The summed E-state index contributed by atoms with van der Waals surface area (Å²) < 4.78 is 11.0. The minimum Gasteiger partial charge on any atom is -0.486 e. The maximum Gasteiger partial charge on any atom is 0.140 e. The number of hydrogen-bond donors (Lipinski definition) is 1. The first-order valence-corrected chi connectivity index (χ1v) is 8.93. The Kier molecular flexibility index (Phi) is 7.52. The van der Waals surface area contributed by atoms with Gasteiger partial charge in [0.25, 0.3) is 0 Å². The normalized spacial score (nSPS) is 11.1. The number of aromatic nitrogens is 1. The molecule has 2 aromatic rings. The topological polar surface area (TPSA) is 43.4 Å². The smallest absolute Gasteiger partial charge is 0.140 e. The molecule has 0 saturated heterocycles. The number of methoxy groups -OCH3 is 1. The number of rotatable bonds is 10. The van der Waals surface area contributed by atoms with Crippen molar-refractivity contribution in [1.82, 2.24) is 10.3 Å². The predicted octanol–water partition coefficient (Wildman–Crippen LogP) is 3.97. The molecule has 0 atom stereocenters. The van der Waals surface area contributed by atoms with Gasteiger partial charge in [-0.05, 0) is 30.5 Å². The predicted molar refractivity (Wildman–Crippen MR) is 95.2 cm³/mol. The van der Waals surface area contributed by atoms with Crippen LogP contribution in [0, 0.1) is 0 Å². The quantitative estimate of drug-likeness (QED) is 0.668. The van der Waals surface area contributed by atoms with E-state index in [2.05, 4.69) is 41.7 Å². The molecule has 1 aromatic carbocycles. The molecule has 0 fully saturated rings. The van der Waals surface area contributed by atoms with Crippen LogP contribution in [0.4, 0.5) is 0 Å². The van der Waals surface area contributed by atoms with Crippen LogP contribution in [-0.4, -0.2) is 25.2 Å². The second-order valence-electron chi connectivity index (χ2n) is 5.74. The van der Waals surface area contributed by atoms with Gasteiger partial charge in [-0.2, -0.15) is 0 Å². The zero-order chi connectivity index (χ0) is 16.5. The number of nitrogens with one attached hydrogen (secondary N) is 1. The number of benzene rings is 1. The van der Waals surface area contributed by atoms with Crippen molar-refractivity contribution in [3.8, 4) is 5.75 Å². The molecule has 0 spiro atoms. The summed E-state index contributed by atoms with van der Waals surface area (Å²) in [5, 5.41) is 6.48. The van der Waals surface area contributed by atoms with Crippen molar-refractivity contribution in [2.24, 2.45) is 0 Å². The molecule has 126 valence electrons. The number of thiazole rings is 1. The van der Waals surface area contributed by atoms with E-state index in [1.165, 1.54) is 5.56 Å². The minimum absolute atomic E-state index is 0.453. The Hall–Kier alpha value is -1.43. The number of nitrogens with zero attached hydrogens (tertiary/aromatic N) is 1. The summed E-state index contributed by atoms with van der Waals surface area (Å²) >= 11 is 1.65. The zero-order valence-corrected chi connectivity index (χ0v) is 15.0. The van der Waals surface area contributed by atoms with E-state index < -0.39 is 0 Å². The summed E-state index contributed by atoms with van der Waals surface area (Å²) in [5.74, 6) is 1.41. The molecule has 0 aliphatic heterocycles. The molecule has 0 radical (unpaired) electrons. The van der Waals surface area contributed by atoms with Gasteiger partial charge >= 0.3 is 0 Å². The average molecular weight is 334 g/mol. The summed E-state index contributed by atoms with van der Waals surface area (Å²) in [6.45, 7) is 7.41. The van der Waals surface area contributed by atoms with Crippen LogP contribution >= 0.6 is 11.3 Å². The van der Waals surface area contributed by atoms with E-state index in [4.69, 9.17) is 9.47 Å². The minimum atomic E-state index is 0.453. The molecule has 0 aliphatic rings. The van der Waals surface area contributed by atoms with Crippen molar-refractivity contribution < 1.29 is 9.47 Å². The van der Waals surface area contributed by atoms with E-state index in [9.17, 15) is 0 Å². The van der Waals surface area contributed by atoms with Crippen LogP contribution in [-0.2, 0) is 17.9 Å². The van der Waals surface area contributed by atoms with Crippen molar-refractivity contribution in [2.75, 3.05) is 20.3 Å². The fraction of sp³-hybridized carbons (Fsp3) is 0.500. The van der Waals surface area contributed by atoms with Crippen LogP contribution in [0.5, 0.6) is 5.75 Å². The number of para-hydroxylation sites is 1. The zero-order valence-electron chi connectivity index (χ0n) is 14.2. The van der Waals surface area contributed by atoms with Gasteiger partial charge in [-0.15, -0.1) is 11.3 Å². The molecule has 1 aromatic heterocycles. The first-order chi connectivity index (χ1) is 11.2. The fourth-order valence-corrected chi connectivity index (χ4v) is 2.99. The van der Waals surface area contributed by atoms with E-state index in [1.54, 1.807) is 18.4 Å². The van der Waals surface area contributed by atoms with Crippen molar-refractivity contribution in [2.45, 2.75) is 39.3 Å². The van der Waals surface area contributed by atoms with Crippen LogP contribution < -0.4 is 10.1 Å². The second kappa shape index (κ2) is 9.65.